The van der Waals surface area contributed by atoms with Gasteiger partial charge in [0.25, 0.3) is 0 Å². The van der Waals surface area contributed by atoms with E-state index < -0.39 is 0 Å². The Morgan fingerprint density at radius 2 is 2.03 bits per heavy atom. The van der Waals surface area contributed by atoms with Gasteiger partial charge in [-0.05, 0) is 55.7 Å². The van der Waals surface area contributed by atoms with E-state index in [0.717, 1.165) is 52.9 Å². The molecule has 9 heteroatoms. The van der Waals surface area contributed by atoms with Gasteiger partial charge in [-0.1, -0.05) is 22.6 Å². The van der Waals surface area contributed by atoms with E-state index in [0.29, 0.717) is 17.7 Å². The highest BCUT2D eigenvalue weighted by molar-refractivity contribution is 7.22. The van der Waals surface area contributed by atoms with Crippen molar-refractivity contribution in [3.05, 3.63) is 42.0 Å². The van der Waals surface area contributed by atoms with Crippen molar-refractivity contribution in [1.29, 1.82) is 0 Å². The summed E-state index contributed by atoms with van der Waals surface area (Å²) in [6, 6.07) is 12.3. The molecule has 1 aliphatic heterocycles. The maximum Gasteiger partial charge on any atom is 0.240 e. The molecule has 5 rings (SSSR count). The first-order chi connectivity index (χ1) is 15.1. The quantitative estimate of drug-likeness (QED) is 0.514. The number of benzene rings is 2. The number of amides is 1. The molecule has 2 aromatic carbocycles. The second-order valence-electron chi connectivity index (χ2n) is 7.93. The van der Waals surface area contributed by atoms with Gasteiger partial charge in [-0.2, -0.15) is 0 Å². The van der Waals surface area contributed by atoms with Crippen LogP contribution in [0, 0.1) is 6.92 Å². The van der Waals surface area contributed by atoms with Crippen molar-refractivity contribution in [2.75, 3.05) is 32.1 Å². The molecule has 0 bridgehead atoms. The van der Waals surface area contributed by atoms with Crippen LogP contribution in [0.4, 0.5) is 5.13 Å². The third-order valence-corrected chi connectivity index (χ3v) is 6.67. The third kappa shape index (κ3) is 4.11. The van der Waals surface area contributed by atoms with Crippen molar-refractivity contribution >= 4 is 43.6 Å². The molecule has 0 unspecified atom stereocenters. The molecule has 0 spiro atoms. The lowest BCUT2D eigenvalue weighted by molar-refractivity contribution is -0.117. The minimum Gasteiger partial charge on any atom is -0.497 e. The van der Waals surface area contributed by atoms with Gasteiger partial charge in [-0.3, -0.25) is 9.69 Å². The molecular weight excluding hydrogens is 412 g/mol. The van der Waals surface area contributed by atoms with Crippen molar-refractivity contribution in [1.82, 2.24) is 24.9 Å². The second-order valence-corrected chi connectivity index (χ2v) is 8.97. The molecule has 0 saturated carbocycles. The van der Waals surface area contributed by atoms with E-state index in [1.54, 1.807) is 7.11 Å². The minimum absolute atomic E-state index is 0.0360. The van der Waals surface area contributed by atoms with Crippen LogP contribution < -0.4 is 10.1 Å². The highest BCUT2D eigenvalue weighted by Crippen LogP contribution is 2.29. The lowest BCUT2D eigenvalue weighted by Crippen LogP contribution is -2.39. The fourth-order valence-electron chi connectivity index (χ4n) is 4.09. The molecule has 0 aliphatic carbocycles. The van der Waals surface area contributed by atoms with Gasteiger partial charge in [0.15, 0.2) is 5.13 Å². The van der Waals surface area contributed by atoms with Gasteiger partial charge in [0, 0.05) is 13.1 Å². The number of rotatable bonds is 5. The summed E-state index contributed by atoms with van der Waals surface area (Å²) in [5.74, 6) is 0.748. The molecule has 8 nitrogen and oxygen atoms in total. The first-order valence-electron chi connectivity index (χ1n) is 10.4. The van der Waals surface area contributed by atoms with Crippen LogP contribution in [0.1, 0.15) is 24.4 Å². The number of hydrogen-bond donors (Lipinski definition) is 1. The molecule has 1 amide bonds. The Morgan fingerprint density at radius 3 is 2.84 bits per heavy atom. The first-order valence-corrected chi connectivity index (χ1v) is 11.2. The largest absolute Gasteiger partial charge is 0.497 e. The van der Waals surface area contributed by atoms with Crippen molar-refractivity contribution in [3.63, 3.8) is 0 Å². The summed E-state index contributed by atoms with van der Waals surface area (Å²) in [6.07, 6.45) is 1.89. The van der Waals surface area contributed by atoms with Crippen molar-refractivity contribution in [2.45, 2.75) is 25.8 Å². The van der Waals surface area contributed by atoms with E-state index in [1.165, 1.54) is 16.9 Å². The first kappa shape index (κ1) is 19.9. The van der Waals surface area contributed by atoms with Gasteiger partial charge in [-0.15, -0.1) is 5.10 Å². The number of carbonyl (C=O) groups excluding carboxylic acids is 1. The van der Waals surface area contributed by atoms with Crippen LogP contribution in [0.5, 0.6) is 5.75 Å². The summed E-state index contributed by atoms with van der Waals surface area (Å²) < 4.78 is 8.29. The zero-order valence-corrected chi connectivity index (χ0v) is 18.4. The van der Waals surface area contributed by atoms with E-state index in [4.69, 9.17) is 4.74 Å². The minimum atomic E-state index is -0.0360. The number of thiazole rings is 1. The third-order valence-electron chi connectivity index (χ3n) is 5.74. The highest BCUT2D eigenvalue weighted by atomic mass is 32.1. The standard InChI is InChI=1S/C22H24N6O2S/c1-14-3-6-19-18(11-14)25-26-28(19)15-7-9-27(10-8-15)13-21(29)24-22-23-17-5-4-16(30-2)12-20(17)31-22/h3-6,11-12,15H,7-10,13H2,1-2H3,(H,23,24,29). The number of aryl methyl sites for hydroxylation is 1. The summed E-state index contributed by atoms with van der Waals surface area (Å²) in [7, 11) is 1.64. The van der Waals surface area contributed by atoms with Crippen LogP contribution >= 0.6 is 11.3 Å². The van der Waals surface area contributed by atoms with Crippen LogP contribution in [0.3, 0.4) is 0 Å². The summed E-state index contributed by atoms with van der Waals surface area (Å²) in [5.41, 5.74) is 4.06. The Bertz CT molecular complexity index is 1240. The predicted molar refractivity (Wildman–Crippen MR) is 122 cm³/mol. The average Bonchev–Trinajstić information content (AvgIpc) is 3.36. The van der Waals surface area contributed by atoms with E-state index in [9.17, 15) is 4.79 Å². The monoisotopic (exact) mass is 436 g/mol. The molecule has 2 aromatic heterocycles. The van der Waals surface area contributed by atoms with Crippen molar-refractivity contribution in [2.24, 2.45) is 0 Å². The fourth-order valence-corrected chi connectivity index (χ4v) is 5.00. The summed E-state index contributed by atoms with van der Waals surface area (Å²) >= 11 is 1.46. The topological polar surface area (TPSA) is 85.2 Å². The van der Waals surface area contributed by atoms with Gasteiger partial charge in [0.2, 0.25) is 5.91 Å². The number of ether oxygens (including phenoxy) is 1. The number of aromatic nitrogens is 4. The van der Waals surface area contributed by atoms with E-state index in [1.807, 2.05) is 22.9 Å². The average molecular weight is 437 g/mol. The van der Waals surface area contributed by atoms with Gasteiger partial charge < -0.3 is 10.1 Å². The summed E-state index contributed by atoms with van der Waals surface area (Å²) in [4.78, 5) is 19.2. The molecule has 4 aromatic rings. The zero-order chi connectivity index (χ0) is 21.4. The Balaban J connectivity index is 1.18. The number of carbonyl (C=O) groups is 1. The van der Waals surface area contributed by atoms with E-state index >= 15 is 0 Å². The molecule has 31 heavy (non-hydrogen) atoms. The number of nitrogens with one attached hydrogen (secondary N) is 1. The Morgan fingerprint density at radius 1 is 1.19 bits per heavy atom. The maximum atomic E-state index is 12.6. The lowest BCUT2D eigenvalue weighted by Gasteiger charge is -2.31. The predicted octanol–water partition coefficient (Wildman–Crippen LogP) is 3.63. The number of hydrogen-bond acceptors (Lipinski definition) is 7. The number of likely N-dealkylation sites (tertiary alicyclic amines) is 1. The number of anilines is 1. The van der Waals surface area contributed by atoms with Gasteiger partial charge in [-0.25, -0.2) is 9.67 Å². The Kier molecular flexibility index (Phi) is 5.29. The molecule has 0 atom stereocenters. The number of piperidine rings is 1. The van der Waals surface area contributed by atoms with Gasteiger partial charge in [0.05, 0.1) is 35.4 Å². The molecule has 160 valence electrons. The summed E-state index contributed by atoms with van der Waals surface area (Å²) in [6.45, 7) is 4.13. The molecular formula is C22H24N6O2S. The van der Waals surface area contributed by atoms with E-state index in [2.05, 4.69) is 50.6 Å². The zero-order valence-electron chi connectivity index (χ0n) is 17.5. The van der Waals surface area contributed by atoms with Crippen molar-refractivity contribution in [3.8, 4) is 5.75 Å². The molecule has 1 N–H and O–H groups in total. The smallest absolute Gasteiger partial charge is 0.240 e. The molecule has 1 saturated heterocycles. The number of fused-ring (bicyclic) bond motifs is 2. The molecule has 3 heterocycles. The van der Waals surface area contributed by atoms with Crippen LogP contribution in [-0.2, 0) is 4.79 Å². The molecule has 1 aliphatic rings. The fraction of sp³-hybridized carbons (Fsp3) is 0.364. The molecule has 1 fully saturated rings. The lowest BCUT2D eigenvalue weighted by atomic mass is 10.0. The van der Waals surface area contributed by atoms with Crippen molar-refractivity contribution < 1.29 is 9.53 Å². The highest BCUT2D eigenvalue weighted by Gasteiger charge is 2.24. The summed E-state index contributed by atoms with van der Waals surface area (Å²) in [5, 5.41) is 12.3. The Labute approximate surface area is 183 Å². The maximum absolute atomic E-state index is 12.6. The van der Waals surface area contributed by atoms with Crippen LogP contribution in [0.2, 0.25) is 0 Å². The normalized spacial score (nSPS) is 15.5. The van der Waals surface area contributed by atoms with Crippen LogP contribution in [-0.4, -0.2) is 57.5 Å². The Hall–Kier alpha value is -3.04. The van der Waals surface area contributed by atoms with Crippen LogP contribution in [0.15, 0.2) is 36.4 Å². The second kappa shape index (κ2) is 8.24. The molecule has 0 radical (unpaired) electrons. The van der Waals surface area contributed by atoms with E-state index in [-0.39, 0.29) is 5.91 Å². The van der Waals surface area contributed by atoms with Crippen LogP contribution in [0.25, 0.3) is 21.3 Å². The van der Waals surface area contributed by atoms with Gasteiger partial charge >= 0.3 is 0 Å². The van der Waals surface area contributed by atoms with Gasteiger partial charge in [0.1, 0.15) is 11.3 Å². The number of nitrogens with zero attached hydrogens (tertiary/aromatic N) is 5. The SMILES string of the molecule is COc1ccc2nc(NC(=O)CN3CCC(n4nnc5cc(C)ccc54)CC3)sc2c1. The number of methoxy groups -OCH3 is 1.